The molecule has 0 aliphatic carbocycles. The van der Waals surface area contributed by atoms with Crippen LogP contribution < -0.4 is 4.90 Å². The van der Waals surface area contributed by atoms with E-state index in [2.05, 4.69) is 181 Å². The molecule has 2 nitrogen and oxygen atoms in total. The lowest BCUT2D eigenvalue weighted by Crippen LogP contribution is -2.11. The van der Waals surface area contributed by atoms with E-state index >= 15 is 0 Å². The van der Waals surface area contributed by atoms with Crippen LogP contribution in [0.2, 0.25) is 0 Å². The Hall–Kier alpha value is -6.12. The minimum Gasteiger partial charge on any atom is -0.455 e. The standard InChI is InChI=1S/C44H29NO/c1-2-10-30(11-3-1)32-20-23-36(24-21-32)45(42-17-9-8-15-38(42)35-19-18-31-12-4-5-14-34(31)28-35)37-25-27-43-41(29-37)40-26-22-33-13-6-7-16-39(33)44(40)46-43/h1-29H. The maximum absolute atomic E-state index is 6.49. The van der Waals surface area contributed by atoms with Gasteiger partial charge in [0.25, 0.3) is 0 Å². The van der Waals surface area contributed by atoms with E-state index in [-0.39, 0.29) is 0 Å². The second-order valence-electron chi connectivity index (χ2n) is 11.8. The van der Waals surface area contributed by atoms with Crippen LogP contribution >= 0.6 is 0 Å². The zero-order valence-electron chi connectivity index (χ0n) is 25.1. The largest absolute Gasteiger partial charge is 0.455 e. The van der Waals surface area contributed by atoms with Gasteiger partial charge in [-0.2, -0.15) is 0 Å². The predicted molar refractivity (Wildman–Crippen MR) is 194 cm³/mol. The summed E-state index contributed by atoms with van der Waals surface area (Å²) >= 11 is 0. The highest BCUT2D eigenvalue weighted by Crippen LogP contribution is 2.44. The summed E-state index contributed by atoms with van der Waals surface area (Å²) in [6.07, 6.45) is 0. The molecule has 9 rings (SSSR count). The van der Waals surface area contributed by atoms with E-state index in [0.717, 1.165) is 44.4 Å². The lowest BCUT2D eigenvalue weighted by Gasteiger charge is -2.28. The molecule has 0 atom stereocenters. The number of benzene rings is 8. The molecule has 2 heteroatoms. The highest BCUT2D eigenvalue weighted by atomic mass is 16.3. The van der Waals surface area contributed by atoms with Gasteiger partial charge in [0.2, 0.25) is 0 Å². The Morgan fingerprint density at radius 2 is 1.02 bits per heavy atom. The fourth-order valence-electron chi connectivity index (χ4n) is 6.76. The molecule has 0 unspecified atom stereocenters. The molecule has 1 heterocycles. The average Bonchev–Trinajstić information content (AvgIpc) is 3.51. The zero-order chi connectivity index (χ0) is 30.5. The monoisotopic (exact) mass is 587 g/mol. The maximum atomic E-state index is 6.49. The normalized spacial score (nSPS) is 11.5. The number of rotatable bonds is 5. The highest BCUT2D eigenvalue weighted by molar-refractivity contribution is 6.15. The average molecular weight is 588 g/mol. The lowest BCUT2D eigenvalue weighted by atomic mass is 9.98. The van der Waals surface area contributed by atoms with E-state index in [9.17, 15) is 0 Å². The van der Waals surface area contributed by atoms with Crippen molar-refractivity contribution in [1.29, 1.82) is 0 Å². The fraction of sp³-hybridized carbons (Fsp3) is 0. The van der Waals surface area contributed by atoms with Crippen molar-refractivity contribution in [3.05, 3.63) is 176 Å². The minimum absolute atomic E-state index is 0.886. The molecule has 8 aromatic carbocycles. The van der Waals surface area contributed by atoms with E-state index < -0.39 is 0 Å². The molecule has 0 N–H and O–H groups in total. The molecule has 0 radical (unpaired) electrons. The van der Waals surface area contributed by atoms with Crippen LogP contribution in [0.1, 0.15) is 0 Å². The summed E-state index contributed by atoms with van der Waals surface area (Å²) < 4.78 is 6.49. The topological polar surface area (TPSA) is 16.4 Å². The van der Waals surface area contributed by atoms with Gasteiger partial charge in [-0.15, -0.1) is 0 Å². The molecule has 0 bridgehead atoms. The van der Waals surface area contributed by atoms with Crippen molar-refractivity contribution < 1.29 is 4.42 Å². The van der Waals surface area contributed by atoms with E-state index in [1.54, 1.807) is 0 Å². The van der Waals surface area contributed by atoms with Gasteiger partial charge in [0.1, 0.15) is 11.2 Å². The molecule has 0 aliphatic rings. The van der Waals surface area contributed by atoms with Crippen LogP contribution in [0.4, 0.5) is 17.1 Å². The van der Waals surface area contributed by atoms with Crippen molar-refractivity contribution in [1.82, 2.24) is 0 Å². The molecule has 0 amide bonds. The van der Waals surface area contributed by atoms with Gasteiger partial charge in [-0.25, -0.2) is 0 Å². The third kappa shape index (κ3) is 4.43. The number of nitrogens with zero attached hydrogens (tertiary/aromatic N) is 1. The Morgan fingerprint density at radius 1 is 0.370 bits per heavy atom. The molecule has 0 aliphatic heterocycles. The number of para-hydroxylation sites is 1. The summed E-state index contributed by atoms with van der Waals surface area (Å²) in [4.78, 5) is 2.37. The van der Waals surface area contributed by atoms with Gasteiger partial charge in [-0.3, -0.25) is 0 Å². The molecular formula is C44H29NO. The highest BCUT2D eigenvalue weighted by Gasteiger charge is 2.19. The van der Waals surface area contributed by atoms with Gasteiger partial charge in [-0.1, -0.05) is 127 Å². The Balaban J connectivity index is 1.25. The number of hydrogen-bond donors (Lipinski definition) is 0. The van der Waals surface area contributed by atoms with Crippen molar-refractivity contribution in [2.45, 2.75) is 0 Å². The van der Waals surface area contributed by atoms with Crippen LogP contribution in [0.25, 0.3) is 65.7 Å². The van der Waals surface area contributed by atoms with E-state index in [4.69, 9.17) is 4.42 Å². The van der Waals surface area contributed by atoms with E-state index in [0.29, 0.717) is 0 Å². The minimum atomic E-state index is 0.886. The van der Waals surface area contributed by atoms with Gasteiger partial charge < -0.3 is 9.32 Å². The zero-order valence-corrected chi connectivity index (χ0v) is 25.1. The summed E-state index contributed by atoms with van der Waals surface area (Å²) in [5.41, 5.74) is 9.84. The molecule has 46 heavy (non-hydrogen) atoms. The first-order valence-corrected chi connectivity index (χ1v) is 15.7. The molecule has 0 saturated heterocycles. The van der Waals surface area contributed by atoms with Crippen molar-refractivity contribution in [3.63, 3.8) is 0 Å². The maximum Gasteiger partial charge on any atom is 0.143 e. The van der Waals surface area contributed by atoms with Crippen LogP contribution in [-0.4, -0.2) is 0 Å². The Morgan fingerprint density at radius 3 is 1.89 bits per heavy atom. The van der Waals surface area contributed by atoms with Crippen LogP contribution in [0.5, 0.6) is 0 Å². The number of hydrogen-bond acceptors (Lipinski definition) is 2. The molecule has 216 valence electrons. The van der Waals surface area contributed by atoms with Crippen LogP contribution in [0.3, 0.4) is 0 Å². The summed E-state index contributed by atoms with van der Waals surface area (Å²) in [5.74, 6) is 0. The summed E-state index contributed by atoms with van der Waals surface area (Å²) in [6, 6.07) is 62.8. The second-order valence-corrected chi connectivity index (χ2v) is 11.8. The number of fused-ring (bicyclic) bond motifs is 6. The predicted octanol–water partition coefficient (Wildman–Crippen LogP) is 12.7. The van der Waals surface area contributed by atoms with Gasteiger partial charge in [-0.05, 0) is 81.4 Å². The third-order valence-electron chi connectivity index (χ3n) is 9.04. The Labute approximate surface area is 267 Å². The summed E-state index contributed by atoms with van der Waals surface area (Å²) in [7, 11) is 0. The first-order chi connectivity index (χ1) is 22.8. The second kappa shape index (κ2) is 10.8. The summed E-state index contributed by atoms with van der Waals surface area (Å²) in [6.45, 7) is 0. The molecule has 0 spiro atoms. The molecule has 0 fully saturated rings. The molecular weight excluding hydrogens is 558 g/mol. The van der Waals surface area contributed by atoms with Crippen molar-refractivity contribution in [2.75, 3.05) is 4.90 Å². The van der Waals surface area contributed by atoms with Crippen LogP contribution in [0, 0.1) is 0 Å². The van der Waals surface area contributed by atoms with Crippen molar-refractivity contribution >= 4 is 60.5 Å². The fourth-order valence-corrected chi connectivity index (χ4v) is 6.76. The molecule has 9 aromatic rings. The molecule has 1 aromatic heterocycles. The Bertz CT molecular complexity index is 2530. The van der Waals surface area contributed by atoms with Crippen LogP contribution in [0.15, 0.2) is 180 Å². The van der Waals surface area contributed by atoms with E-state index in [1.165, 1.54) is 38.4 Å². The first-order valence-electron chi connectivity index (χ1n) is 15.7. The SMILES string of the molecule is c1ccc(-c2ccc(N(c3ccc4oc5c6ccccc6ccc5c4c3)c3ccccc3-c3ccc4ccccc4c3)cc2)cc1. The Kier molecular flexibility index (Phi) is 6.17. The van der Waals surface area contributed by atoms with Gasteiger partial charge in [0.15, 0.2) is 0 Å². The third-order valence-corrected chi connectivity index (χ3v) is 9.04. The smallest absolute Gasteiger partial charge is 0.143 e. The number of anilines is 3. The van der Waals surface area contributed by atoms with Gasteiger partial charge in [0.05, 0.1) is 5.69 Å². The quantitative estimate of drug-likeness (QED) is 0.199. The first kappa shape index (κ1) is 26.3. The van der Waals surface area contributed by atoms with E-state index in [1.807, 2.05) is 0 Å². The molecule has 0 saturated carbocycles. The van der Waals surface area contributed by atoms with Gasteiger partial charge >= 0.3 is 0 Å². The number of furan rings is 1. The van der Waals surface area contributed by atoms with Crippen molar-refractivity contribution in [2.24, 2.45) is 0 Å². The summed E-state index contributed by atoms with van der Waals surface area (Å²) in [5, 5.41) is 7.01. The van der Waals surface area contributed by atoms with Gasteiger partial charge in [0, 0.05) is 33.1 Å². The van der Waals surface area contributed by atoms with Crippen molar-refractivity contribution in [3.8, 4) is 22.3 Å². The van der Waals surface area contributed by atoms with Crippen LogP contribution in [-0.2, 0) is 0 Å². The lowest BCUT2D eigenvalue weighted by molar-refractivity contribution is 0.672.